The number of unbranched alkanes of at least 4 members (excludes halogenated alkanes) is 15. The summed E-state index contributed by atoms with van der Waals surface area (Å²) in [5.74, 6) is -5.80. The maximum atomic E-state index is 12.4. The van der Waals surface area contributed by atoms with Crippen molar-refractivity contribution in [3.05, 3.63) is 0 Å². The predicted octanol–water partition coefficient (Wildman–Crippen LogP) is 3.76. The molecule has 0 aliphatic rings. The molecule has 0 aromatic rings. The summed E-state index contributed by atoms with van der Waals surface area (Å²) >= 11 is 0. The summed E-state index contributed by atoms with van der Waals surface area (Å²) in [6.07, 6.45) is 11.0. The Morgan fingerprint density at radius 2 is 0.732 bits per heavy atom. The van der Waals surface area contributed by atoms with Crippen LogP contribution in [0.25, 0.3) is 0 Å². The quantitative estimate of drug-likeness (QED) is 0.0464. The van der Waals surface area contributed by atoms with E-state index in [2.05, 4.69) is 38.6 Å². The Balaban J connectivity index is -0.00000168. The normalized spacial score (nSPS) is 13.6. The molecule has 2 amide bonds. The predicted molar refractivity (Wildman–Crippen MR) is 198 cm³/mol. The maximum Gasteiger partial charge on any atom is 0.430 e. The standard InChI is InChI=1S/C34H70N4O4.2C2HF3O2/c1-5-7-9-19-23-35-33(41)31-37(3,27-29-39)25-21-17-15-13-11-12-14-16-18-22-26-38(4,28-30-40)32-34(42)36-24-20-10-8-6-2;2*3-2(4,5)1(6)7/h39-40H,5-32H2,1-4H3;2*(H,6,7). The number of amides is 2. The van der Waals surface area contributed by atoms with Gasteiger partial charge in [0.1, 0.15) is 25.0 Å². The molecule has 0 aliphatic heterocycles. The van der Waals surface area contributed by atoms with E-state index in [0.717, 1.165) is 51.9 Å². The van der Waals surface area contributed by atoms with Crippen molar-refractivity contribution in [1.82, 2.24) is 10.6 Å². The van der Waals surface area contributed by atoms with Crippen LogP contribution < -0.4 is 20.8 Å². The Hall–Kier alpha value is -2.70. The molecule has 334 valence electrons. The summed E-state index contributed by atoms with van der Waals surface area (Å²) < 4.78 is 64.3. The van der Waals surface area contributed by atoms with Gasteiger partial charge in [-0.2, -0.15) is 26.3 Å². The molecular weight excluding hydrogens is 754 g/mol. The number of carbonyl (C=O) groups is 4. The summed E-state index contributed by atoms with van der Waals surface area (Å²) in [6.45, 7) is 10.2. The molecule has 0 aliphatic carbocycles. The lowest BCUT2D eigenvalue weighted by molar-refractivity contribution is -0.902. The number of nitrogens with one attached hydrogen (secondary N) is 2. The molecule has 0 radical (unpaired) electrons. The van der Waals surface area contributed by atoms with Crippen LogP contribution in [-0.2, 0) is 19.2 Å². The van der Waals surface area contributed by atoms with Crippen LogP contribution in [0, 0.1) is 0 Å². The highest BCUT2D eigenvalue weighted by Crippen LogP contribution is 2.15. The van der Waals surface area contributed by atoms with Crippen molar-refractivity contribution in [3.8, 4) is 0 Å². The van der Waals surface area contributed by atoms with Crippen molar-refractivity contribution in [1.29, 1.82) is 0 Å². The second-order valence-electron chi connectivity index (χ2n) is 14.8. The van der Waals surface area contributed by atoms with Crippen LogP contribution in [0.2, 0.25) is 0 Å². The van der Waals surface area contributed by atoms with Gasteiger partial charge in [-0.25, -0.2) is 0 Å². The van der Waals surface area contributed by atoms with Gasteiger partial charge in [0.15, 0.2) is 13.1 Å². The Morgan fingerprint density at radius 1 is 0.482 bits per heavy atom. The first kappa shape index (κ1) is 57.6. The number of hydrogen-bond acceptors (Lipinski definition) is 8. The van der Waals surface area contributed by atoms with E-state index in [1.807, 2.05) is 0 Å². The molecule has 4 N–H and O–H groups in total. The molecule has 0 fully saturated rings. The first-order valence-electron chi connectivity index (χ1n) is 20.1. The minimum absolute atomic E-state index is 0.109. The lowest BCUT2D eigenvalue weighted by Gasteiger charge is -2.33. The van der Waals surface area contributed by atoms with Gasteiger partial charge in [0.05, 0.1) is 40.4 Å². The minimum Gasteiger partial charge on any atom is -0.542 e. The monoisotopic (exact) mass is 827 g/mol. The fourth-order valence-corrected chi connectivity index (χ4v) is 5.79. The third-order valence-corrected chi connectivity index (χ3v) is 9.14. The van der Waals surface area contributed by atoms with Gasteiger partial charge in [-0.15, -0.1) is 0 Å². The minimum atomic E-state index is -5.19. The fourth-order valence-electron chi connectivity index (χ4n) is 5.79. The van der Waals surface area contributed by atoms with Gasteiger partial charge in [-0.05, 0) is 38.5 Å². The average Bonchev–Trinajstić information content (AvgIpc) is 3.08. The van der Waals surface area contributed by atoms with Crippen LogP contribution in [0.15, 0.2) is 0 Å². The summed E-state index contributed by atoms with van der Waals surface area (Å²) in [7, 11) is 4.20. The van der Waals surface area contributed by atoms with E-state index in [0.29, 0.717) is 35.1 Å². The van der Waals surface area contributed by atoms with E-state index in [1.54, 1.807) is 0 Å². The largest absolute Gasteiger partial charge is 0.542 e. The molecule has 2 atom stereocenters. The third-order valence-electron chi connectivity index (χ3n) is 9.14. The third kappa shape index (κ3) is 38.2. The van der Waals surface area contributed by atoms with Gasteiger partial charge in [0.25, 0.3) is 11.8 Å². The van der Waals surface area contributed by atoms with Crippen LogP contribution >= 0.6 is 0 Å². The van der Waals surface area contributed by atoms with Crippen LogP contribution in [0.4, 0.5) is 26.3 Å². The number of aliphatic hydroxyl groups excluding tert-OH is 2. The molecule has 56 heavy (non-hydrogen) atoms. The second-order valence-corrected chi connectivity index (χ2v) is 14.8. The molecular formula is C38H72F6N4O8. The number of likely N-dealkylation sites (N-methyl/N-ethyl adjacent to an activating group) is 2. The van der Waals surface area contributed by atoms with E-state index < -0.39 is 24.3 Å². The molecule has 0 aromatic heterocycles. The Bertz CT molecular complexity index is 946. The number of carboxylic acid groups (broad SMARTS) is 2. The molecule has 0 saturated heterocycles. The fraction of sp³-hybridized carbons (Fsp3) is 0.895. The molecule has 0 rings (SSSR count). The van der Waals surface area contributed by atoms with Crippen LogP contribution in [0.5, 0.6) is 0 Å². The Morgan fingerprint density at radius 3 is 0.964 bits per heavy atom. The zero-order valence-corrected chi connectivity index (χ0v) is 34.3. The number of nitrogens with zero attached hydrogens (tertiary/aromatic N) is 2. The van der Waals surface area contributed by atoms with Gasteiger partial charge < -0.3 is 49.6 Å². The summed E-state index contributed by atoms with van der Waals surface area (Å²) in [6, 6.07) is 0. The van der Waals surface area contributed by atoms with Crippen molar-refractivity contribution in [2.24, 2.45) is 0 Å². The molecule has 2 unspecified atom stereocenters. The van der Waals surface area contributed by atoms with Crippen LogP contribution in [0.1, 0.15) is 129 Å². The maximum absolute atomic E-state index is 12.4. The molecule has 12 nitrogen and oxygen atoms in total. The van der Waals surface area contributed by atoms with Gasteiger partial charge in [-0.1, -0.05) is 90.9 Å². The van der Waals surface area contributed by atoms with Crippen molar-refractivity contribution in [2.45, 2.75) is 142 Å². The molecule has 0 saturated carbocycles. The first-order valence-corrected chi connectivity index (χ1v) is 20.1. The van der Waals surface area contributed by atoms with E-state index in [4.69, 9.17) is 19.8 Å². The highest BCUT2D eigenvalue weighted by atomic mass is 19.4. The van der Waals surface area contributed by atoms with Crippen molar-refractivity contribution in [3.63, 3.8) is 0 Å². The number of quaternary nitrogens is 2. The molecule has 0 spiro atoms. The number of alkyl halides is 6. The Labute approximate surface area is 330 Å². The second kappa shape index (κ2) is 34.4. The number of aliphatic hydroxyl groups is 2. The highest BCUT2D eigenvalue weighted by molar-refractivity contribution is 5.77. The average molecular weight is 827 g/mol. The lowest BCUT2D eigenvalue weighted by atomic mass is 10.1. The Kier molecular flexibility index (Phi) is 35.3. The van der Waals surface area contributed by atoms with Crippen molar-refractivity contribution < 1.29 is 74.9 Å². The molecule has 0 bridgehead atoms. The van der Waals surface area contributed by atoms with E-state index in [1.165, 1.54) is 89.9 Å². The number of aliphatic carboxylic acids is 2. The SMILES string of the molecule is CCCCCCNC(=O)C[N+](C)(CCO)CCCCCCCCCCCC[N+](C)(CCO)CC(=O)NCCCCCC.O=C([O-])C(F)(F)F.O=C([O-])C(F)(F)F. The molecule has 18 heteroatoms. The number of carbonyl (C=O) groups excluding carboxylic acids is 4. The summed E-state index contributed by atoms with van der Waals surface area (Å²) in [4.78, 5) is 42.4. The van der Waals surface area contributed by atoms with Crippen molar-refractivity contribution in [2.75, 3.05) is 79.7 Å². The van der Waals surface area contributed by atoms with Crippen LogP contribution in [-0.4, -0.2) is 135 Å². The number of hydrogen-bond donors (Lipinski definition) is 4. The van der Waals surface area contributed by atoms with Crippen LogP contribution in [0.3, 0.4) is 0 Å². The summed E-state index contributed by atoms with van der Waals surface area (Å²) in [5, 5.41) is 42.8. The first-order chi connectivity index (χ1) is 26.1. The lowest BCUT2D eigenvalue weighted by Crippen LogP contribution is -2.52. The highest BCUT2D eigenvalue weighted by Gasteiger charge is 2.29. The van der Waals surface area contributed by atoms with Gasteiger partial charge in [0, 0.05) is 13.1 Å². The number of rotatable bonds is 31. The number of halogens is 6. The van der Waals surface area contributed by atoms with Crippen molar-refractivity contribution >= 4 is 23.8 Å². The van der Waals surface area contributed by atoms with Gasteiger partial charge in [0.2, 0.25) is 0 Å². The number of carboxylic acids is 2. The topological polar surface area (TPSA) is 179 Å². The van der Waals surface area contributed by atoms with E-state index >= 15 is 0 Å². The zero-order chi connectivity index (χ0) is 43.5. The molecule has 0 aromatic carbocycles. The summed E-state index contributed by atoms with van der Waals surface area (Å²) in [5.41, 5.74) is 0. The smallest absolute Gasteiger partial charge is 0.430 e. The molecule has 0 heterocycles. The van der Waals surface area contributed by atoms with Gasteiger partial charge in [-0.3, -0.25) is 9.59 Å². The van der Waals surface area contributed by atoms with Gasteiger partial charge >= 0.3 is 12.4 Å². The van der Waals surface area contributed by atoms with E-state index in [9.17, 15) is 46.1 Å². The zero-order valence-electron chi connectivity index (χ0n) is 34.3. The van der Waals surface area contributed by atoms with E-state index in [-0.39, 0.29) is 25.0 Å².